The number of hydrogen-bond donors (Lipinski definition) is 0. The van der Waals surface area contributed by atoms with E-state index in [1.165, 1.54) is 138 Å². The van der Waals surface area contributed by atoms with E-state index in [1.807, 2.05) is 133 Å². The van der Waals surface area contributed by atoms with E-state index in [4.69, 9.17) is 44.7 Å². The van der Waals surface area contributed by atoms with Gasteiger partial charge < -0.3 is 44.3 Å². The van der Waals surface area contributed by atoms with Gasteiger partial charge in [-0.05, 0) is 231 Å². The highest BCUT2D eigenvalue weighted by Gasteiger charge is 2.26. The first-order valence-electron chi connectivity index (χ1n) is 41.5. The molecule has 0 unspecified atom stereocenters. The Bertz CT molecular complexity index is 7710. The van der Waals surface area contributed by atoms with Gasteiger partial charge in [-0.25, -0.2) is 4.98 Å². The molecule has 0 radical (unpaired) electrons. The zero-order chi connectivity index (χ0) is 85.1. The molecule has 0 spiro atoms. The van der Waals surface area contributed by atoms with Crippen LogP contribution < -0.4 is 0 Å². The lowest BCUT2D eigenvalue weighted by atomic mass is 10.1. The van der Waals surface area contributed by atoms with Gasteiger partial charge in [0, 0.05) is 72.2 Å². The van der Waals surface area contributed by atoms with Crippen LogP contribution in [-0.2, 0) is 7.05 Å². The fourth-order valence-electron chi connectivity index (χ4n) is 17.6. The van der Waals surface area contributed by atoms with Crippen LogP contribution in [0.25, 0.3) is 171 Å². The molecule has 0 bridgehead atoms. The number of para-hydroxylation sites is 10. The van der Waals surface area contributed by atoms with Crippen molar-refractivity contribution < 1.29 is 39.8 Å². The Hall–Kier alpha value is -13.9. The summed E-state index contributed by atoms with van der Waals surface area (Å²) in [4.78, 5) is 7.24. The summed E-state index contributed by atoms with van der Waals surface area (Å²) in [7, 11) is 2.09. The van der Waals surface area contributed by atoms with Crippen molar-refractivity contribution in [3.8, 4) is 17.1 Å². The number of rotatable bonds is 3. The van der Waals surface area contributed by atoms with Crippen molar-refractivity contribution in [2.75, 3.05) is 0 Å². The number of nitrogens with zero attached hydrogens (tertiary/aromatic N) is 5. The predicted molar refractivity (Wildman–Crippen MR) is 503 cm³/mol. The lowest BCUT2D eigenvalue weighted by molar-refractivity contribution is 0.479. The Morgan fingerprint density at radius 3 is 1.16 bits per heavy atom. The van der Waals surface area contributed by atoms with E-state index in [1.54, 1.807) is 11.3 Å². The number of aromatic nitrogens is 5. The smallest absolute Gasteiger partial charge is 0.298 e. The first-order valence-corrected chi connectivity index (χ1v) is 42.3. The first kappa shape index (κ1) is 79.2. The second kappa shape index (κ2) is 31.4. The second-order valence-corrected chi connectivity index (χ2v) is 33.5. The maximum Gasteiger partial charge on any atom is 0.298 e. The summed E-state index contributed by atoms with van der Waals surface area (Å²) in [6.45, 7) is 39.8. The molecule has 0 N–H and O–H groups in total. The number of benzene rings is 10. The van der Waals surface area contributed by atoms with Crippen LogP contribution in [0.5, 0.6) is 0 Å². The fourth-order valence-corrected chi connectivity index (χ4v) is 18.6. The minimum Gasteiger partial charge on any atom is -0.457 e. The molecule has 10 aromatic carbocycles. The number of thiophene rings is 1. The maximum atomic E-state index is 6.21. The average molecular weight is 1630 g/mol. The van der Waals surface area contributed by atoms with Crippen LogP contribution in [0.2, 0.25) is 0 Å². The zero-order valence-corrected chi connectivity index (χ0v) is 73.5. The molecule has 0 fully saturated rings. The van der Waals surface area contributed by atoms with Crippen LogP contribution in [0.1, 0.15) is 106 Å². The third-order valence-electron chi connectivity index (χ3n) is 24.7. The molecule has 610 valence electrons. The van der Waals surface area contributed by atoms with E-state index in [9.17, 15) is 0 Å². The Balaban J connectivity index is 0.0000000982. The van der Waals surface area contributed by atoms with Crippen LogP contribution in [0, 0.1) is 132 Å². The number of hydrogen-bond acceptors (Lipinski definition) is 11. The third-order valence-corrected chi connectivity index (χ3v) is 25.8. The molecule has 24 aromatic rings. The third kappa shape index (κ3) is 13.3. The molecule has 14 nitrogen and oxygen atoms in total. The molecule has 15 heteroatoms. The largest absolute Gasteiger partial charge is 0.457 e. The number of fused-ring (bicyclic) bond motifs is 21. The maximum absolute atomic E-state index is 6.21. The number of furan rings is 9. The molecule has 0 atom stereocenters. The second-order valence-electron chi connectivity index (χ2n) is 32.3. The monoisotopic (exact) mass is 1630 g/mol. The molecule has 24 rings (SSSR count). The Morgan fingerprint density at radius 1 is 0.270 bits per heavy atom. The summed E-state index contributed by atoms with van der Waals surface area (Å²) in [6, 6.07) is 76.7. The van der Waals surface area contributed by atoms with Crippen molar-refractivity contribution in [1.29, 1.82) is 0 Å². The highest BCUT2D eigenvalue weighted by Crippen LogP contribution is 2.44. The van der Waals surface area contributed by atoms with E-state index in [0.717, 1.165) is 134 Å². The number of imidazole rings is 1. The van der Waals surface area contributed by atoms with Crippen LogP contribution >= 0.6 is 11.3 Å². The van der Waals surface area contributed by atoms with E-state index >= 15 is 0 Å². The van der Waals surface area contributed by atoms with Gasteiger partial charge >= 0.3 is 0 Å². The molecule has 0 saturated heterocycles. The van der Waals surface area contributed by atoms with Gasteiger partial charge in [-0.15, -0.1) is 11.3 Å². The topological polar surface area (TPSA) is 151 Å². The lowest BCUT2D eigenvalue weighted by Crippen LogP contribution is -2.01. The first-order chi connectivity index (χ1) is 58.9. The predicted octanol–water partition coefficient (Wildman–Crippen LogP) is 31.3. The van der Waals surface area contributed by atoms with Crippen molar-refractivity contribution in [3.05, 3.63) is 331 Å². The summed E-state index contributed by atoms with van der Waals surface area (Å²) < 4.78 is 61.0. The quantitative estimate of drug-likeness (QED) is 0.167. The minimum atomic E-state index is 0.640. The van der Waals surface area contributed by atoms with Crippen molar-refractivity contribution in [2.24, 2.45) is 7.05 Å². The molecule has 14 heterocycles. The SMILES string of the molecule is Cc1cccc(C)c1-n1c(C)c(C)c2c3ccccc3oc21.Cc1cccc(C)c1-n1c2ccccc2c2c(C)c(C)oc21.Cc1cccc(C)c1-n1c2ccccc2c2c1nc(C)n2C.Cc1oc2c(oc3ccccc32)c1C.Cc1oc2c(oc3ccccc32)c1C.Cc1oc2oc3ccccc3c2c1C.Cc1sc2oc3ccccc3c2c1C. The van der Waals surface area contributed by atoms with Gasteiger partial charge in [0.1, 0.15) is 56.8 Å². The summed E-state index contributed by atoms with van der Waals surface area (Å²) >= 11 is 1.74. The Morgan fingerprint density at radius 2 is 0.639 bits per heavy atom. The molecule has 122 heavy (non-hydrogen) atoms. The van der Waals surface area contributed by atoms with Gasteiger partial charge in [0.05, 0.1) is 60.5 Å². The molecule has 0 aliphatic heterocycles. The summed E-state index contributed by atoms with van der Waals surface area (Å²) in [5.41, 5.74) is 34.5. The molecule has 0 aliphatic rings. The van der Waals surface area contributed by atoms with Crippen LogP contribution in [0.3, 0.4) is 0 Å². The standard InChI is InChI=1S/2C20H19NO.C19H19N3.3C12H10O2.C12H10OS/c1-12-8-7-9-13(2)19(12)21-17-11-6-5-10-16(17)18-14(3)15(4)22-20(18)21;1-12-8-7-9-13(2)19(12)21-15(4)14(3)18-16-10-5-6-11-17(16)22-20(18)21;1-12-8-7-9-13(2)17(12)22-16-11-6-5-10-15(16)18-19(22)20-14(3)21(18)4;2*1-7-8(2)13-12-9-5-3-4-6-10(9)14-11(7)12;1-7-8(2)13-12-11(7)9-5-3-4-6-10(9)14-12;1-7-8(2)14-12-11(7)9-5-3-4-6-10(9)13-12/h3*5-11H,1-4H3;4*3-6H,1-2H3. The van der Waals surface area contributed by atoms with Gasteiger partial charge in [0.2, 0.25) is 11.4 Å². The molecular formula is C107H97N5O9S. The highest BCUT2D eigenvalue weighted by atomic mass is 32.1. The van der Waals surface area contributed by atoms with Crippen LogP contribution in [-0.4, -0.2) is 23.3 Å². The normalized spacial score (nSPS) is 11.6. The summed E-state index contributed by atoms with van der Waals surface area (Å²) in [5.74, 6) is 5.48. The molecule has 0 aliphatic carbocycles. The lowest BCUT2D eigenvalue weighted by Gasteiger charge is -2.13. The van der Waals surface area contributed by atoms with Crippen LogP contribution in [0.15, 0.2) is 264 Å². The van der Waals surface area contributed by atoms with Crippen molar-refractivity contribution in [3.63, 3.8) is 0 Å². The van der Waals surface area contributed by atoms with Gasteiger partial charge in [-0.2, -0.15) is 0 Å². The molecule has 0 amide bonds. The van der Waals surface area contributed by atoms with E-state index in [-0.39, 0.29) is 0 Å². The fraction of sp³-hybridized carbons (Fsp3) is 0.187. The van der Waals surface area contributed by atoms with E-state index in [2.05, 4.69) is 249 Å². The molecular weight excluding hydrogens is 1530 g/mol. The van der Waals surface area contributed by atoms with Crippen molar-refractivity contribution >= 4 is 165 Å². The summed E-state index contributed by atoms with van der Waals surface area (Å²) in [6.07, 6.45) is 0. The van der Waals surface area contributed by atoms with E-state index < -0.39 is 0 Å². The number of aryl methyl sites for hydroxylation is 19. The van der Waals surface area contributed by atoms with Gasteiger partial charge in [0.25, 0.3) is 5.78 Å². The summed E-state index contributed by atoms with van der Waals surface area (Å²) in [5, 5.41) is 13.1. The molecule has 14 aromatic heterocycles. The minimum absolute atomic E-state index is 0.640. The van der Waals surface area contributed by atoms with E-state index in [0.29, 0.717) is 5.78 Å². The van der Waals surface area contributed by atoms with Crippen molar-refractivity contribution in [1.82, 2.24) is 23.3 Å². The van der Waals surface area contributed by atoms with Gasteiger partial charge in [-0.3, -0.25) is 13.7 Å². The van der Waals surface area contributed by atoms with Crippen molar-refractivity contribution in [2.45, 2.75) is 132 Å². The zero-order valence-electron chi connectivity index (χ0n) is 72.7. The van der Waals surface area contributed by atoms with Crippen LogP contribution in [0.4, 0.5) is 0 Å². The van der Waals surface area contributed by atoms with Gasteiger partial charge in [-0.1, -0.05) is 170 Å². The molecule has 0 saturated carbocycles. The average Bonchev–Trinajstić information content (AvgIpc) is 1.57. The van der Waals surface area contributed by atoms with Gasteiger partial charge in [0.15, 0.2) is 32.9 Å². The Kier molecular flexibility index (Phi) is 20.4. The Labute approximate surface area is 710 Å². The highest BCUT2D eigenvalue weighted by molar-refractivity contribution is 7.18.